The van der Waals surface area contributed by atoms with E-state index in [1.807, 2.05) is 6.08 Å². The van der Waals surface area contributed by atoms with Gasteiger partial charge in [0, 0.05) is 6.42 Å². The molecule has 5 heteroatoms. The van der Waals surface area contributed by atoms with Crippen LogP contribution in [-0.4, -0.2) is 21.0 Å². The molecule has 4 nitrogen and oxygen atoms in total. The third kappa shape index (κ3) is 4.17. The molecule has 3 aromatic carbocycles. The molecule has 182 valence electrons. The summed E-state index contributed by atoms with van der Waals surface area (Å²) in [6, 6.07) is 25.6. The fourth-order valence-corrected chi connectivity index (χ4v) is 10.1. The Morgan fingerprint density at radius 1 is 0.971 bits per heavy atom. The first-order valence-corrected chi connectivity index (χ1v) is 14.1. The summed E-state index contributed by atoms with van der Waals surface area (Å²) < 4.78 is 25.3. The average molecular weight is 487 g/mol. The Hall–Kier alpha value is -3.02. The zero-order valence-electron chi connectivity index (χ0n) is 21.2. The fraction of sp³-hybridized carbons (Fsp3) is 0.333. The molecule has 35 heavy (non-hydrogen) atoms. The molecule has 0 aromatic heterocycles. The highest BCUT2D eigenvalue weighted by molar-refractivity contribution is 6.99. The maximum atomic E-state index is 7.14. The van der Waals surface area contributed by atoms with Crippen LogP contribution in [-0.2, 0) is 15.8 Å². The molecule has 0 amide bonds. The average Bonchev–Trinajstić information content (AvgIpc) is 2.84. The van der Waals surface area contributed by atoms with Crippen molar-refractivity contribution in [2.45, 2.75) is 57.5 Å². The van der Waals surface area contributed by atoms with Crippen molar-refractivity contribution in [2.24, 2.45) is 0 Å². The van der Waals surface area contributed by atoms with Gasteiger partial charge in [-0.15, -0.1) is 0 Å². The Labute approximate surface area is 209 Å². The van der Waals surface area contributed by atoms with Gasteiger partial charge in [-0.2, -0.15) is 0 Å². The number of ether oxygens (including phenoxy) is 3. The molecule has 0 saturated heterocycles. The molecule has 3 aromatic rings. The monoisotopic (exact) mass is 486 g/mol. The zero-order valence-corrected chi connectivity index (χ0v) is 22.2. The van der Waals surface area contributed by atoms with Gasteiger partial charge in [0.25, 0.3) is 8.32 Å². The Kier molecular flexibility index (Phi) is 6.02. The third-order valence-corrected chi connectivity index (χ3v) is 12.2. The fourth-order valence-electron chi connectivity index (χ4n) is 5.52. The van der Waals surface area contributed by atoms with Crippen molar-refractivity contribution in [3.05, 3.63) is 96.3 Å². The number of fused-ring (bicyclic) bond motifs is 4. The first-order chi connectivity index (χ1) is 16.8. The minimum absolute atomic E-state index is 0.0738. The van der Waals surface area contributed by atoms with E-state index in [-0.39, 0.29) is 16.7 Å². The van der Waals surface area contributed by atoms with Crippen molar-refractivity contribution in [3.8, 4) is 11.5 Å². The van der Waals surface area contributed by atoms with Gasteiger partial charge in [0.15, 0.2) is 0 Å². The molecule has 2 aliphatic rings. The molecular formula is C30H34O4Si. The predicted octanol–water partition coefficient (Wildman–Crippen LogP) is 5.90. The van der Waals surface area contributed by atoms with Gasteiger partial charge in [0.1, 0.15) is 23.2 Å². The van der Waals surface area contributed by atoms with Crippen LogP contribution in [0.15, 0.2) is 85.1 Å². The maximum absolute atomic E-state index is 7.14. The van der Waals surface area contributed by atoms with Gasteiger partial charge in [0.05, 0.1) is 25.5 Å². The normalized spacial score (nSPS) is 21.0. The number of benzene rings is 3. The second-order valence-electron chi connectivity index (χ2n) is 10.7. The topological polar surface area (TPSA) is 36.9 Å². The first-order valence-electron chi connectivity index (χ1n) is 12.2. The smallest absolute Gasteiger partial charge is 0.261 e. The Bertz CT molecular complexity index is 1180. The highest BCUT2D eigenvalue weighted by Gasteiger charge is 2.50. The molecule has 2 aliphatic heterocycles. The van der Waals surface area contributed by atoms with E-state index in [2.05, 4.69) is 100 Å². The number of rotatable bonds is 6. The second kappa shape index (κ2) is 8.88. The second-order valence-corrected chi connectivity index (χ2v) is 15.0. The molecule has 2 bridgehead atoms. The molecular weight excluding hydrogens is 452 g/mol. The van der Waals surface area contributed by atoms with Crippen molar-refractivity contribution in [1.29, 1.82) is 0 Å². The molecule has 0 radical (unpaired) electrons. The summed E-state index contributed by atoms with van der Waals surface area (Å²) in [7, 11) is -0.947. The largest absolute Gasteiger partial charge is 0.496 e. The van der Waals surface area contributed by atoms with Crippen LogP contribution in [0.3, 0.4) is 0 Å². The van der Waals surface area contributed by atoms with Gasteiger partial charge in [-0.1, -0.05) is 81.4 Å². The van der Waals surface area contributed by atoms with Gasteiger partial charge < -0.3 is 18.6 Å². The highest BCUT2D eigenvalue weighted by atomic mass is 28.4. The summed E-state index contributed by atoms with van der Waals surface area (Å²) in [5.74, 6) is 1.60. The molecule has 0 saturated carbocycles. The minimum atomic E-state index is -2.65. The SMILES string of the molecule is COc1cc(CO[Si](c2ccccc2)(c2ccccc2)C(C)(C)C)cc2c1[C@H]1C[C@](C)(C=CO1)O2. The van der Waals surface area contributed by atoms with Crippen LogP contribution in [0.1, 0.15) is 51.3 Å². The summed E-state index contributed by atoms with van der Waals surface area (Å²) in [5.41, 5.74) is 1.63. The molecule has 5 rings (SSSR count). The third-order valence-electron chi connectivity index (χ3n) is 7.18. The van der Waals surface area contributed by atoms with E-state index in [1.165, 1.54) is 10.4 Å². The van der Waals surface area contributed by atoms with Crippen molar-refractivity contribution in [3.63, 3.8) is 0 Å². The summed E-state index contributed by atoms with van der Waals surface area (Å²) in [6.07, 6.45) is 4.43. The van der Waals surface area contributed by atoms with Crippen LogP contribution in [0.4, 0.5) is 0 Å². The van der Waals surface area contributed by atoms with E-state index in [9.17, 15) is 0 Å². The molecule has 0 fully saturated rings. The van der Waals surface area contributed by atoms with Gasteiger partial charge in [-0.05, 0) is 46.1 Å². The van der Waals surface area contributed by atoms with Crippen LogP contribution in [0.25, 0.3) is 0 Å². The van der Waals surface area contributed by atoms with E-state index < -0.39 is 8.32 Å². The standard InChI is InChI=1S/C30H34O4Si/c1-29(2,3)35(23-12-8-6-9-13-23,24-14-10-7-11-15-24)33-21-22-18-25(31-5)28-26(19-22)34-30(4)16-17-32-27(28)20-30/h6-19,27H,20-21H2,1-5H3/t27-,30+/m1/s1. The van der Waals surface area contributed by atoms with E-state index in [4.69, 9.17) is 18.6 Å². The van der Waals surface area contributed by atoms with E-state index in [1.54, 1.807) is 13.4 Å². The zero-order chi connectivity index (χ0) is 24.7. The molecule has 0 unspecified atom stereocenters. The van der Waals surface area contributed by atoms with Crippen LogP contribution in [0.5, 0.6) is 11.5 Å². The minimum Gasteiger partial charge on any atom is -0.496 e. The van der Waals surface area contributed by atoms with Crippen LogP contribution in [0, 0.1) is 0 Å². The van der Waals surface area contributed by atoms with Crippen LogP contribution < -0.4 is 19.8 Å². The lowest BCUT2D eigenvalue weighted by Gasteiger charge is -2.43. The van der Waals surface area contributed by atoms with Crippen molar-refractivity contribution in [2.75, 3.05) is 7.11 Å². The lowest BCUT2D eigenvalue weighted by atomic mass is 9.87. The number of hydrogen-bond donors (Lipinski definition) is 0. The predicted molar refractivity (Wildman–Crippen MR) is 142 cm³/mol. The summed E-state index contributed by atoms with van der Waals surface area (Å²) in [4.78, 5) is 0. The molecule has 0 N–H and O–H groups in total. The first kappa shape index (κ1) is 23.7. The van der Waals surface area contributed by atoms with Gasteiger partial charge in [-0.3, -0.25) is 0 Å². The van der Waals surface area contributed by atoms with Crippen molar-refractivity contribution < 1.29 is 18.6 Å². The Morgan fingerprint density at radius 2 is 1.60 bits per heavy atom. The van der Waals surface area contributed by atoms with Gasteiger partial charge in [-0.25, -0.2) is 0 Å². The van der Waals surface area contributed by atoms with E-state index in [0.29, 0.717) is 6.61 Å². The number of methoxy groups -OCH3 is 1. The van der Waals surface area contributed by atoms with Crippen LogP contribution >= 0.6 is 0 Å². The summed E-state index contributed by atoms with van der Waals surface area (Å²) in [5, 5.41) is 2.44. The maximum Gasteiger partial charge on any atom is 0.261 e. The van der Waals surface area contributed by atoms with E-state index in [0.717, 1.165) is 29.0 Å². The van der Waals surface area contributed by atoms with Crippen molar-refractivity contribution >= 4 is 18.7 Å². The molecule has 0 spiro atoms. The molecule has 2 atom stereocenters. The summed E-state index contributed by atoms with van der Waals surface area (Å²) >= 11 is 0. The lowest BCUT2D eigenvalue weighted by Crippen LogP contribution is -2.66. The number of hydrogen-bond acceptors (Lipinski definition) is 4. The van der Waals surface area contributed by atoms with Gasteiger partial charge >= 0.3 is 0 Å². The molecule has 2 heterocycles. The van der Waals surface area contributed by atoms with Crippen molar-refractivity contribution in [1.82, 2.24) is 0 Å². The van der Waals surface area contributed by atoms with Crippen LogP contribution in [0.2, 0.25) is 5.04 Å². The Morgan fingerprint density at radius 3 is 2.17 bits per heavy atom. The highest BCUT2D eigenvalue weighted by Crippen LogP contribution is 2.49. The summed E-state index contributed by atoms with van der Waals surface area (Å²) in [6.45, 7) is 9.43. The quantitative estimate of drug-likeness (QED) is 0.407. The lowest BCUT2D eigenvalue weighted by molar-refractivity contribution is -0.00327. The molecule has 0 aliphatic carbocycles. The Balaban J connectivity index is 1.57. The van der Waals surface area contributed by atoms with Gasteiger partial charge in [0.2, 0.25) is 0 Å². The van der Waals surface area contributed by atoms with E-state index >= 15 is 0 Å².